The summed E-state index contributed by atoms with van der Waals surface area (Å²) in [6.07, 6.45) is 5.90. The number of hydrogen-bond acceptors (Lipinski definition) is 4. The molecule has 0 aromatic rings. The molecule has 0 aliphatic carbocycles. The Morgan fingerprint density at radius 3 is 2.09 bits per heavy atom. The van der Waals surface area contributed by atoms with Gasteiger partial charge in [-0.1, -0.05) is 6.42 Å². The Labute approximate surface area is 135 Å². The standard InChI is InChI=1S/C17H33N3O2/c1-17(2,3)22-16(21)18-15-7-11-20(12-8-15)14-13-19-9-5-4-6-10-19/h15H,4-14H2,1-3H3,(H,18,21). The van der Waals surface area contributed by atoms with Crippen molar-refractivity contribution in [3.63, 3.8) is 0 Å². The predicted molar refractivity (Wildman–Crippen MR) is 89.1 cm³/mol. The molecule has 22 heavy (non-hydrogen) atoms. The monoisotopic (exact) mass is 311 g/mol. The Bertz CT molecular complexity index is 340. The molecule has 0 aromatic carbocycles. The summed E-state index contributed by atoms with van der Waals surface area (Å²) >= 11 is 0. The highest BCUT2D eigenvalue weighted by Gasteiger charge is 2.23. The van der Waals surface area contributed by atoms with E-state index in [9.17, 15) is 4.79 Å². The fourth-order valence-electron chi connectivity index (χ4n) is 3.24. The van der Waals surface area contributed by atoms with Crippen LogP contribution >= 0.6 is 0 Å². The lowest BCUT2D eigenvalue weighted by Gasteiger charge is -2.35. The lowest BCUT2D eigenvalue weighted by Crippen LogP contribution is -2.47. The Morgan fingerprint density at radius 2 is 1.55 bits per heavy atom. The topological polar surface area (TPSA) is 44.8 Å². The second-order valence-electron chi connectivity index (χ2n) is 7.66. The summed E-state index contributed by atoms with van der Waals surface area (Å²) < 4.78 is 5.32. The third kappa shape index (κ3) is 6.53. The number of carbonyl (C=O) groups is 1. The van der Waals surface area contributed by atoms with Crippen molar-refractivity contribution in [1.82, 2.24) is 15.1 Å². The molecule has 0 aromatic heterocycles. The Balaban J connectivity index is 1.60. The van der Waals surface area contributed by atoms with Crippen molar-refractivity contribution in [1.29, 1.82) is 0 Å². The number of rotatable bonds is 4. The van der Waals surface area contributed by atoms with E-state index in [1.54, 1.807) is 0 Å². The molecule has 0 radical (unpaired) electrons. The van der Waals surface area contributed by atoms with E-state index < -0.39 is 5.60 Å². The summed E-state index contributed by atoms with van der Waals surface area (Å²) in [6, 6.07) is 0.265. The van der Waals surface area contributed by atoms with Gasteiger partial charge >= 0.3 is 6.09 Å². The predicted octanol–water partition coefficient (Wildman–Crippen LogP) is 2.46. The van der Waals surface area contributed by atoms with E-state index in [0.29, 0.717) is 0 Å². The highest BCUT2D eigenvalue weighted by molar-refractivity contribution is 5.68. The van der Waals surface area contributed by atoms with Crippen molar-refractivity contribution in [2.45, 2.75) is 64.5 Å². The zero-order chi connectivity index (χ0) is 16.0. The first-order valence-corrected chi connectivity index (χ1v) is 8.86. The van der Waals surface area contributed by atoms with Gasteiger partial charge in [0.05, 0.1) is 0 Å². The van der Waals surface area contributed by atoms with Gasteiger partial charge in [0.1, 0.15) is 5.60 Å². The summed E-state index contributed by atoms with van der Waals surface area (Å²) in [6.45, 7) is 12.8. The third-order valence-electron chi connectivity index (χ3n) is 4.49. The first-order valence-electron chi connectivity index (χ1n) is 8.86. The highest BCUT2D eigenvalue weighted by atomic mass is 16.6. The van der Waals surface area contributed by atoms with Crippen LogP contribution in [0.15, 0.2) is 0 Å². The van der Waals surface area contributed by atoms with Crippen molar-refractivity contribution >= 4 is 6.09 Å². The van der Waals surface area contributed by atoms with Crippen LogP contribution in [0.2, 0.25) is 0 Å². The van der Waals surface area contributed by atoms with Gasteiger partial charge in [-0.2, -0.15) is 0 Å². The van der Waals surface area contributed by atoms with Crippen LogP contribution in [-0.2, 0) is 4.74 Å². The quantitative estimate of drug-likeness (QED) is 0.866. The molecule has 0 atom stereocenters. The minimum Gasteiger partial charge on any atom is -0.444 e. The minimum atomic E-state index is -0.417. The van der Waals surface area contributed by atoms with Crippen LogP contribution in [-0.4, -0.2) is 66.8 Å². The number of hydrogen-bond donors (Lipinski definition) is 1. The fraction of sp³-hybridized carbons (Fsp3) is 0.941. The first kappa shape index (κ1) is 17.5. The average Bonchev–Trinajstić information content (AvgIpc) is 2.45. The largest absolute Gasteiger partial charge is 0.444 e. The SMILES string of the molecule is CC(C)(C)OC(=O)NC1CCN(CCN2CCCCC2)CC1. The van der Waals surface area contributed by atoms with E-state index in [1.807, 2.05) is 20.8 Å². The van der Waals surface area contributed by atoms with E-state index in [1.165, 1.54) is 45.4 Å². The van der Waals surface area contributed by atoms with Gasteiger partial charge in [0.25, 0.3) is 0 Å². The zero-order valence-corrected chi connectivity index (χ0v) is 14.6. The normalized spacial score (nSPS) is 22.5. The molecular weight excluding hydrogens is 278 g/mol. The fourth-order valence-corrected chi connectivity index (χ4v) is 3.24. The number of piperidine rings is 2. The molecule has 128 valence electrons. The number of carbonyl (C=O) groups excluding carboxylic acids is 1. The van der Waals surface area contributed by atoms with Gasteiger partial charge in [-0.25, -0.2) is 4.79 Å². The summed E-state index contributed by atoms with van der Waals surface area (Å²) in [5, 5.41) is 3.00. The van der Waals surface area contributed by atoms with Gasteiger partial charge in [0.2, 0.25) is 0 Å². The van der Waals surface area contributed by atoms with E-state index in [-0.39, 0.29) is 12.1 Å². The van der Waals surface area contributed by atoms with Crippen LogP contribution in [0, 0.1) is 0 Å². The number of alkyl carbamates (subject to hydrolysis) is 1. The Hall–Kier alpha value is -0.810. The van der Waals surface area contributed by atoms with Crippen molar-refractivity contribution in [2.75, 3.05) is 39.3 Å². The van der Waals surface area contributed by atoms with Crippen LogP contribution in [0.4, 0.5) is 4.79 Å². The van der Waals surface area contributed by atoms with Crippen molar-refractivity contribution in [2.24, 2.45) is 0 Å². The number of ether oxygens (including phenoxy) is 1. The van der Waals surface area contributed by atoms with Crippen LogP contribution in [0.3, 0.4) is 0 Å². The molecule has 0 saturated carbocycles. The molecule has 0 bridgehead atoms. The molecule has 5 nitrogen and oxygen atoms in total. The molecule has 1 amide bonds. The van der Waals surface area contributed by atoms with Gasteiger partial charge in [-0.3, -0.25) is 0 Å². The molecule has 5 heteroatoms. The third-order valence-corrected chi connectivity index (χ3v) is 4.49. The van der Waals surface area contributed by atoms with Crippen LogP contribution < -0.4 is 5.32 Å². The van der Waals surface area contributed by atoms with Gasteiger partial charge < -0.3 is 19.9 Å². The van der Waals surface area contributed by atoms with Gasteiger partial charge in [0.15, 0.2) is 0 Å². The highest BCUT2D eigenvalue weighted by Crippen LogP contribution is 2.13. The molecular formula is C17H33N3O2. The maximum atomic E-state index is 11.8. The van der Waals surface area contributed by atoms with Crippen molar-refractivity contribution in [3.05, 3.63) is 0 Å². The summed E-state index contributed by atoms with van der Waals surface area (Å²) in [7, 11) is 0. The number of likely N-dealkylation sites (tertiary alicyclic amines) is 2. The number of nitrogens with zero attached hydrogens (tertiary/aromatic N) is 2. The minimum absolute atomic E-state index is 0.265. The molecule has 0 spiro atoms. The average molecular weight is 311 g/mol. The molecule has 2 fully saturated rings. The van der Waals surface area contributed by atoms with E-state index >= 15 is 0 Å². The van der Waals surface area contributed by atoms with Crippen molar-refractivity contribution < 1.29 is 9.53 Å². The van der Waals surface area contributed by atoms with Gasteiger partial charge in [0, 0.05) is 32.2 Å². The Morgan fingerprint density at radius 1 is 1.00 bits per heavy atom. The molecule has 2 heterocycles. The maximum Gasteiger partial charge on any atom is 0.407 e. The lowest BCUT2D eigenvalue weighted by molar-refractivity contribution is 0.0476. The zero-order valence-electron chi connectivity index (χ0n) is 14.6. The molecule has 1 N–H and O–H groups in total. The second kappa shape index (κ2) is 8.16. The van der Waals surface area contributed by atoms with Gasteiger partial charge in [-0.05, 0) is 59.5 Å². The van der Waals surface area contributed by atoms with Crippen LogP contribution in [0.25, 0.3) is 0 Å². The second-order valence-corrected chi connectivity index (χ2v) is 7.66. The summed E-state index contributed by atoms with van der Waals surface area (Å²) in [4.78, 5) is 16.9. The Kier molecular flexibility index (Phi) is 6.50. The molecule has 2 saturated heterocycles. The maximum absolute atomic E-state index is 11.8. The molecule has 2 rings (SSSR count). The summed E-state index contributed by atoms with van der Waals surface area (Å²) in [5.74, 6) is 0. The van der Waals surface area contributed by atoms with Crippen LogP contribution in [0.5, 0.6) is 0 Å². The van der Waals surface area contributed by atoms with E-state index in [4.69, 9.17) is 4.74 Å². The number of nitrogens with one attached hydrogen (secondary N) is 1. The molecule has 2 aliphatic rings. The van der Waals surface area contributed by atoms with Gasteiger partial charge in [-0.15, -0.1) is 0 Å². The van der Waals surface area contributed by atoms with Crippen LogP contribution in [0.1, 0.15) is 52.9 Å². The smallest absolute Gasteiger partial charge is 0.407 e. The summed E-state index contributed by atoms with van der Waals surface area (Å²) in [5.41, 5.74) is -0.417. The first-order chi connectivity index (χ1) is 10.4. The lowest BCUT2D eigenvalue weighted by atomic mass is 10.1. The molecule has 2 aliphatic heterocycles. The van der Waals surface area contributed by atoms with Crippen molar-refractivity contribution in [3.8, 4) is 0 Å². The van der Waals surface area contributed by atoms with E-state index in [2.05, 4.69) is 15.1 Å². The number of amides is 1. The molecule has 0 unspecified atom stereocenters. The van der Waals surface area contributed by atoms with E-state index in [0.717, 1.165) is 25.9 Å².